The molecule has 1 aliphatic rings. The Morgan fingerprint density at radius 3 is 2.92 bits per heavy atom. The Morgan fingerprint density at radius 2 is 2.38 bits per heavy atom. The van der Waals surface area contributed by atoms with Crippen LogP contribution in [0.1, 0.15) is 39.5 Å². The summed E-state index contributed by atoms with van der Waals surface area (Å²) in [7, 11) is 0. The number of hydrogen-bond donors (Lipinski definition) is 0. The van der Waals surface area contributed by atoms with Crippen LogP contribution in [0.4, 0.5) is 0 Å². The molecule has 1 saturated heterocycles. The van der Waals surface area contributed by atoms with Crippen LogP contribution in [0, 0.1) is 0 Å². The summed E-state index contributed by atoms with van der Waals surface area (Å²) in [6.45, 7) is 4.41. The van der Waals surface area contributed by atoms with Crippen LogP contribution in [-0.2, 0) is 14.3 Å². The van der Waals surface area contributed by atoms with E-state index in [1.54, 1.807) is 6.92 Å². The van der Waals surface area contributed by atoms with E-state index in [0.717, 1.165) is 25.9 Å². The quantitative estimate of drug-likeness (QED) is 0.672. The van der Waals surface area contributed by atoms with Crippen molar-refractivity contribution in [3.63, 3.8) is 0 Å². The Bertz CT molecular complexity index is 162. The molecule has 2 unspecified atom stereocenters. The Hall–Kier alpha value is -0.410. The highest BCUT2D eigenvalue weighted by molar-refractivity contribution is 5.82. The maximum Gasteiger partial charge on any atom is 0.161 e. The number of carbonyl (C=O) groups is 1. The van der Waals surface area contributed by atoms with Gasteiger partial charge in [-0.3, -0.25) is 4.79 Å². The first-order valence-electron chi connectivity index (χ1n) is 5.03. The van der Waals surface area contributed by atoms with Gasteiger partial charge >= 0.3 is 0 Å². The second-order valence-electron chi connectivity index (χ2n) is 3.39. The van der Waals surface area contributed by atoms with Gasteiger partial charge in [-0.05, 0) is 26.2 Å². The fourth-order valence-electron chi connectivity index (χ4n) is 1.41. The van der Waals surface area contributed by atoms with Gasteiger partial charge in [-0.1, -0.05) is 6.92 Å². The second-order valence-corrected chi connectivity index (χ2v) is 3.39. The van der Waals surface area contributed by atoms with E-state index in [2.05, 4.69) is 0 Å². The van der Waals surface area contributed by atoms with Crippen molar-refractivity contribution in [1.29, 1.82) is 0 Å². The standard InChI is InChI=1S/C10H18O3/c1-3-9(11)8(2)13-10-6-4-5-7-12-10/h8,10H,3-7H2,1-2H3. The zero-order valence-corrected chi connectivity index (χ0v) is 8.41. The average Bonchev–Trinajstić information content (AvgIpc) is 2.18. The van der Waals surface area contributed by atoms with Crippen molar-refractivity contribution >= 4 is 5.78 Å². The molecule has 0 spiro atoms. The highest BCUT2D eigenvalue weighted by Gasteiger charge is 2.20. The summed E-state index contributed by atoms with van der Waals surface area (Å²) < 4.78 is 10.8. The molecule has 0 amide bonds. The molecule has 0 aromatic heterocycles. The minimum atomic E-state index is -0.312. The summed E-state index contributed by atoms with van der Waals surface area (Å²) >= 11 is 0. The van der Waals surface area contributed by atoms with Crippen LogP contribution in [0.3, 0.4) is 0 Å². The molecule has 1 rings (SSSR count). The lowest BCUT2D eigenvalue weighted by Gasteiger charge is -2.25. The summed E-state index contributed by atoms with van der Waals surface area (Å²) in [5, 5.41) is 0. The molecule has 13 heavy (non-hydrogen) atoms. The molecular formula is C10H18O3. The highest BCUT2D eigenvalue weighted by Crippen LogP contribution is 2.15. The van der Waals surface area contributed by atoms with Gasteiger partial charge in [0, 0.05) is 13.0 Å². The maximum atomic E-state index is 11.2. The summed E-state index contributed by atoms with van der Waals surface area (Å²) in [4.78, 5) is 11.2. The molecule has 0 aromatic carbocycles. The van der Waals surface area contributed by atoms with E-state index in [9.17, 15) is 4.79 Å². The van der Waals surface area contributed by atoms with E-state index in [1.807, 2.05) is 6.92 Å². The molecule has 3 heteroatoms. The largest absolute Gasteiger partial charge is 0.353 e. The fraction of sp³-hybridized carbons (Fsp3) is 0.900. The number of Topliss-reactive ketones (excluding diaryl/α,β-unsaturated/α-hetero) is 1. The molecule has 3 nitrogen and oxygen atoms in total. The number of hydrogen-bond acceptors (Lipinski definition) is 3. The molecule has 0 aromatic rings. The minimum absolute atomic E-state index is 0.147. The van der Waals surface area contributed by atoms with Crippen molar-refractivity contribution in [3.05, 3.63) is 0 Å². The zero-order chi connectivity index (χ0) is 9.68. The maximum absolute atomic E-state index is 11.2. The van der Waals surface area contributed by atoms with E-state index in [1.165, 1.54) is 0 Å². The molecule has 1 aliphatic heterocycles. The van der Waals surface area contributed by atoms with Gasteiger partial charge in [0.1, 0.15) is 6.10 Å². The lowest BCUT2D eigenvalue weighted by Crippen LogP contribution is -2.30. The van der Waals surface area contributed by atoms with E-state index in [-0.39, 0.29) is 18.2 Å². The van der Waals surface area contributed by atoms with E-state index >= 15 is 0 Å². The molecular weight excluding hydrogens is 168 g/mol. The smallest absolute Gasteiger partial charge is 0.161 e. The van der Waals surface area contributed by atoms with E-state index < -0.39 is 0 Å². The highest BCUT2D eigenvalue weighted by atomic mass is 16.7. The Kier molecular flexibility index (Phi) is 4.39. The summed E-state index contributed by atoms with van der Waals surface area (Å²) in [6.07, 6.45) is 3.23. The van der Waals surface area contributed by atoms with Crippen molar-refractivity contribution in [2.75, 3.05) is 6.61 Å². The first-order chi connectivity index (χ1) is 6.24. The van der Waals surface area contributed by atoms with Crippen LogP contribution in [0.2, 0.25) is 0 Å². The van der Waals surface area contributed by atoms with Crippen molar-refractivity contribution in [3.8, 4) is 0 Å². The number of rotatable bonds is 4. The van der Waals surface area contributed by atoms with Crippen molar-refractivity contribution < 1.29 is 14.3 Å². The fourth-order valence-corrected chi connectivity index (χ4v) is 1.41. The van der Waals surface area contributed by atoms with Gasteiger partial charge < -0.3 is 9.47 Å². The first kappa shape index (κ1) is 10.7. The van der Waals surface area contributed by atoms with Crippen molar-refractivity contribution in [1.82, 2.24) is 0 Å². The van der Waals surface area contributed by atoms with Gasteiger partial charge in [0.15, 0.2) is 12.1 Å². The van der Waals surface area contributed by atoms with Gasteiger partial charge in [0.05, 0.1) is 0 Å². The SMILES string of the molecule is CCC(=O)C(C)OC1CCCCO1. The molecule has 2 atom stereocenters. The lowest BCUT2D eigenvalue weighted by atomic mass is 10.2. The topological polar surface area (TPSA) is 35.5 Å². The monoisotopic (exact) mass is 186 g/mol. The molecule has 0 N–H and O–H groups in total. The van der Waals surface area contributed by atoms with Crippen LogP contribution in [0.5, 0.6) is 0 Å². The third-order valence-electron chi connectivity index (χ3n) is 2.30. The molecule has 1 fully saturated rings. The minimum Gasteiger partial charge on any atom is -0.353 e. The van der Waals surface area contributed by atoms with Crippen LogP contribution < -0.4 is 0 Å². The van der Waals surface area contributed by atoms with Gasteiger partial charge in [0.2, 0.25) is 0 Å². The van der Waals surface area contributed by atoms with Crippen LogP contribution in [-0.4, -0.2) is 24.8 Å². The number of ether oxygens (including phenoxy) is 2. The molecule has 76 valence electrons. The Morgan fingerprint density at radius 1 is 1.62 bits per heavy atom. The zero-order valence-electron chi connectivity index (χ0n) is 8.41. The predicted molar refractivity (Wildman–Crippen MR) is 49.4 cm³/mol. The Labute approximate surface area is 79.4 Å². The van der Waals surface area contributed by atoms with Gasteiger partial charge in [-0.25, -0.2) is 0 Å². The van der Waals surface area contributed by atoms with E-state index in [4.69, 9.17) is 9.47 Å². The summed E-state index contributed by atoms with van der Waals surface area (Å²) in [5.41, 5.74) is 0. The van der Waals surface area contributed by atoms with Crippen LogP contribution in [0.15, 0.2) is 0 Å². The van der Waals surface area contributed by atoms with Crippen molar-refractivity contribution in [2.24, 2.45) is 0 Å². The molecule has 1 heterocycles. The van der Waals surface area contributed by atoms with Crippen LogP contribution in [0.25, 0.3) is 0 Å². The first-order valence-corrected chi connectivity index (χ1v) is 5.03. The third-order valence-corrected chi connectivity index (χ3v) is 2.30. The predicted octanol–water partition coefficient (Wildman–Crippen LogP) is 1.90. The average molecular weight is 186 g/mol. The molecule has 0 radical (unpaired) electrons. The number of ketones is 1. The van der Waals surface area contributed by atoms with Gasteiger partial charge in [-0.2, -0.15) is 0 Å². The molecule has 0 bridgehead atoms. The molecule has 0 saturated carbocycles. The van der Waals surface area contributed by atoms with Gasteiger partial charge in [0.25, 0.3) is 0 Å². The third kappa shape index (κ3) is 3.44. The van der Waals surface area contributed by atoms with E-state index in [0.29, 0.717) is 6.42 Å². The normalized spacial score (nSPS) is 25.5. The second kappa shape index (κ2) is 5.35. The van der Waals surface area contributed by atoms with Crippen LogP contribution >= 0.6 is 0 Å². The lowest BCUT2D eigenvalue weighted by molar-refractivity contribution is -0.188. The van der Waals surface area contributed by atoms with Gasteiger partial charge in [-0.15, -0.1) is 0 Å². The van der Waals surface area contributed by atoms with Crippen molar-refractivity contribution in [2.45, 2.75) is 51.9 Å². The summed E-state index contributed by atoms with van der Waals surface area (Å²) in [5.74, 6) is 0.147. The molecule has 0 aliphatic carbocycles. The Balaban J connectivity index is 2.25. The number of carbonyl (C=O) groups excluding carboxylic acids is 1. The summed E-state index contributed by atoms with van der Waals surface area (Å²) in [6, 6.07) is 0.